The summed E-state index contributed by atoms with van der Waals surface area (Å²) in [6.45, 7) is 0. The Hall–Kier alpha value is -0.700. The van der Waals surface area contributed by atoms with Gasteiger partial charge in [0.2, 0.25) is 0 Å². The third kappa shape index (κ3) is 2.49. The van der Waals surface area contributed by atoms with Gasteiger partial charge in [-0.1, -0.05) is 36.4 Å². The Bertz CT molecular complexity index is 602. The molecule has 0 saturated heterocycles. The molecule has 3 rings (SSSR count). The van der Waals surface area contributed by atoms with Gasteiger partial charge in [0.25, 0.3) is 0 Å². The lowest BCUT2D eigenvalue weighted by Crippen LogP contribution is -1.94. The Labute approximate surface area is 120 Å². The fraction of sp³-hybridized carbons (Fsp3) is 0.294. The molecule has 0 aromatic heterocycles. The second-order valence-electron chi connectivity index (χ2n) is 5.19. The van der Waals surface area contributed by atoms with Gasteiger partial charge in [0, 0.05) is 0 Å². The van der Waals surface area contributed by atoms with Gasteiger partial charge in [-0.2, -0.15) is 0 Å². The van der Waals surface area contributed by atoms with Crippen LogP contribution in [0.5, 0.6) is 0 Å². The highest BCUT2D eigenvalue weighted by Crippen LogP contribution is 2.35. The Morgan fingerprint density at radius 1 is 0.895 bits per heavy atom. The van der Waals surface area contributed by atoms with Gasteiger partial charge in [-0.05, 0) is 65.0 Å². The predicted octanol–water partition coefficient (Wildman–Crippen LogP) is 4.59. The van der Waals surface area contributed by atoms with Gasteiger partial charge in [0.05, 0.1) is 0 Å². The molecule has 0 fully saturated rings. The second-order valence-corrected chi connectivity index (χ2v) is 6.01. The molecule has 0 N–H and O–H groups in total. The van der Waals surface area contributed by atoms with Crippen LogP contribution >= 0.6 is 18.5 Å². The van der Waals surface area contributed by atoms with Crippen LogP contribution in [0.15, 0.2) is 36.4 Å². The lowest BCUT2D eigenvalue weighted by atomic mass is 9.93. The van der Waals surface area contributed by atoms with Crippen LogP contribution in [-0.4, -0.2) is 0 Å². The standard InChI is InChI=1S/C17H20P2/c18-10-12-3-1-4-13(9-12)16-8-7-14(11-19)15-5-2-6-17(15)16/h1,3-4,7-9H,2,5-6,10-11,18-19H2. The van der Waals surface area contributed by atoms with Crippen LogP contribution in [0.25, 0.3) is 11.1 Å². The van der Waals surface area contributed by atoms with Crippen LogP contribution in [-0.2, 0) is 25.2 Å². The average Bonchev–Trinajstić information content (AvgIpc) is 2.95. The minimum Gasteiger partial charge on any atom is -0.133 e. The van der Waals surface area contributed by atoms with E-state index in [2.05, 4.69) is 54.9 Å². The largest absolute Gasteiger partial charge is 0.133 e. The minimum absolute atomic E-state index is 1.03. The molecule has 2 unspecified atom stereocenters. The van der Waals surface area contributed by atoms with E-state index in [0.29, 0.717) is 0 Å². The molecule has 0 saturated carbocycles. The molecule has 2 heteroatoms. The molecule has 0 amide bonds. The molecule has 1 aliphatic rings. The maximum atomic E-state index is 2.86. The van der Waals surface area contributed by atoms with Gasteiger partial charge in [-0.25, -0.2) is 0 Å². The number of hydrogen-bond acceptors (Lipinski definition) is 0. The topological polar surface area (TPSA) is 0 Å². The van der Waals surface area contributed by atoms with Gasteiger partial charge in [-0.3, -0.25) is 0 Å². The third-order valence-corrected chi connectivity index (χ3v) is 4.99. The Morgan fingerprint density at radius 2 is 1.74 bits per heavy atom. The molecule has 2 aromatic carbocycles. The van der Waals surface area contributed by atoms with Crippen molar-refractivity contribution in [3.05, 3.63) is 58.7 Å². The summed E-state index contributed by atoms with van der Waals surface area (Å²) in [5.41, 5.74) is 8.96. The van der Waals surface area contributed by atoms with Crippen molar-refractivity contribution in [3.63, 3.8) is 0 Å². The smallest absolute Gasteiger partial charge is 0.0126 e. The molecule has 0 heterocycles. The van der Waals surface area contributed by atoms with Crippen molar-refractivity contribution >= 4 is 18.5 Å². The summed E-state index contributed by atoms with van der Waals surface area (Å²) in [6, 6.07) is 13.6. The van der Waals surface area contributed by atoms with E-state index >= 15 is 0 Å². The third-order valence-electron chi connectivity index (χ3n) is 4.08. The van der Waals surface area contributed by atoms with Crippen molar-refractivity contribution in [1.29, 1.82) is 0 Å². The molecule has 0 nitrogen and oxygen atoms in total. The number of benzene rings is 2. The maximum absolute atomic E-state index is 2.86. The first kappa shape index (κ1) is 13.3. The first-order valence-corrected chi connectivity index (χ1v) is 8.60. The van der Waals surface area contributed by atoms with Crippen molar-refractivity contribution in [2.45, 2.75) is 31.6 Å². The summed E-state index contributed by atoms with van der Waals surface area (Å²) in [4.78, 5) is 0. The van der Waals surface area contributed by atoms with E-state index in [1.807, 2.05) is 0 Å². The number of hydrogen-bond donors (Lipinski definition) is 0. The van der Waals surface area contributed by atoms with Crippen molar-refractivity contribution in [3.8, 4) is 11.1 Å². The summed E-state index contributed by atoms with van der Waals surface area (Å²) in [6.07, 6.45) is 5.92. The first-order valence-electron chi connectivity index (χ1n) is 6.96. The van der Waals surface area contributed by atoms with Gasteiger partial charge >= 0.3 is 0 Å². The van der Waals surface area contributed by atoms with E-state index in [1.54, 1.807) is 11.1 Å². The van der Waals surface area contributed by atoms with E-state index in [4.69, 9.17) is 0 Å². The first-order chi connectivity index (χ1) is 9.33. The molecule has 98 valence electrons. The van der Waals surface area contributed by atoms with Crippen LogP contribution in [0.3, 0.4) is 0 Å². The fourth-order valence-electron chi connectivity index (χ4n) is 3.11. The van der Waals surface area contributed by atoms with Crippen LogP contribution in [0.1, 0.15) is 28.7 Å². The van der Waals surface area contributed by atoms with Gasteiger partial charge in [0.15, 0.2) is 0 Å². The van der Waals surface area contributed by atoms with E-state index in [1.165, 1.54) is 41.5 Å². The lowest BCUT2D eigenvalue weighted by molar-refractivity contribution is 0.909. The molecule has 0 radical (unpaired) electrons. The van der Waals surface area contributed by atoms with E-state index in [0.717, 1.165) is 12.3 Å². The van der Waals surface area contributed by atoms with Crippen molar-refractivity contribution in [1.82, 2.24) is 0 Å². The summed E-state index contributed by atoms with van der Waals surface area (Å²) in [7, 11) is 5.68. The lowest BCUT2D eigenvalue weighted by Gasteiger charge is -2.13. The molecule has 0 aliphatic heterocycles. The molecule has 0 bridgehead atoms. The van der Waals surface area contributed by atoms with Crippen molar-refractivity contribution in [2.24, 2.45) is 0 Å². The van der Waals surface area contributed by atoms with Crippen molar-refractivity contribution in [2.75, 3.05) is 0 Å². The number of fused-ring (bicyclic) bond motifs is 1. The van der Waals surface area contributed by atoms with Gasteiger partial charge in [-0.15, -0.1) is 18.5 Å². The quantitative estimate of drug-likeness (QED) is 0.724. The normalized spacial score (nSPS) is 13.6. The van der Waals surface area contributed by atoms with Crippen molar-refractivity contribution < 1.29 is 0 Å². The minimum atomic E-state index is 1.03. The van der Waals surface area contributed by atoms with Crippen LogP contribution in [0.4, 0.5) is 0 Å². The second kappa shape index (κ2) is 5.74. The average molecular weight is 286 g/mol. The number of rotatable bonds is 3. The van der Waals surface area contributed by atoms with Crippen LogP contribution in [0, 0.1) is 0 Å². The highest BCUT2D eigenvalue weighted by Gasteiger charge is 2.18. The zero-order valence-corrected chi connectivity index (χ0v) is 13.5. The zero-order valence-electron chi connectivity index (χ0n) is 11.2. The highest BCUT2D eigenvalue weighted by atomic mass is 31.0. The van der Waals surface area contributed by atoms with Crippen LogP contribution in [0.2, 0.25) is 0 Å². The van der Waals surface area contributed by atoms with E-state index in [9.17, 15) is 0 Å². The monoisotopic (exact) mass is 286 g/mol. The fourth-order valence-corrected chi connectivity index (χ4v) is 3.74. The highest BCUT2D eigenvalue weighted by molar-refractivity contribution is 7.15. The Morgan fingerprint density at radius 3 is 2.53 bits per heavy atom. The summed E-state index contributed by atoms with van der Waals surface area (Å²) in [5, 5.41) is 0. The summed E-state index contributed by atoms with van der Waals surface area (Å²) in [5.74, 6) is 0. The van der Waals surface area contributed by atoms with Gasteiger partial charge < -0.3 is 0 Å². The van der Waals surface area contributed by atoms with Gasteiger partial charge in [0.1, 0.15) is 0 Å². The molecule has 1 aliphatic carbocycles. The molecule has 2 aromatic rings. The van der Waals surface area contributed by atoms with E-state index < -0.39 is 0 Å². The maximum Gasteiger partial charge on any atom is -0.0126 e. The SMILES string of the molecule is PCc1cccc(-c2ccc(CP)c3c2CCC3)c1. The molecule has 0 spiro atoms. The Kier molecular flexibility index (Phi) is 4.01. The molecule has 19 heavy (non-hydrogen) atoms. The zero-order chi connectivity index (χ0) is 13.2. The summed E-state index contributed by atoms with van der Waals surface area (Å²) < 4.78 is 0. The summed E-state index contributed by atoms with van der Waals surface area (Å²) >= 11 is 0. The predicted molar refractivity (Wildman–Crippen MR) is 90.7 cm³/mol. The van der Waals surface area contributed by atoms with Crippen LogP contribution < -0.4 is 0 Å². The molecular formula is C17H20P2. The molecule has 2 atom stereocenters. The molecular weight excluding hydrogens is 266 g/mol. The van der Waals surface area contributed by atoms with E-state index in [-0.39, 0.29) is 0 Å². The Balaban J connectivity index is 2.13.